The van der Waals surface area contributed by atoms with E-state index in [9.17, 15) is 29.4 Å². The predicted molar refractivity (Wildman–Crippen MR) is 165 cm³/mol. The minimum absolute atomic E-state index is 0.00985. The summed E-state index contributed by atoms with van der Waals surface area (Å²) in [7, 11) is 3.05. The third-order valence-corrected chi connectivity index (χ3v) is 10.6. The van der Waals surface area contributed by atoms with Gasteiger partial charge in [0.25, 0.3) is 0 Å². The van der Waals surface area contributed by atoms with Crippen LogP contribution in [0.2, 0.25) is 0 Å². The van der Waals surface area contributed by atoms with E-state index in [0.29, 0.717) is 35.8 Å². The number of ether oxygens (including phenoxy) is 6. The molecule has 12 nitrogen and oxygen atoms in total. The Morgan fingerprint density at radius 1 is 1.04 bits per heavy atom. The van der Waals surface area contributed by atoms with E-state index in [0.717, 1.165) is 0 Å². The van der Waals surface area contributed by atoms with Crippen molar-refractivity contribution in [2.24, 2.45) is 29.1 Å². The Morgan fingerprint density at radius 2 is 1.77 bits per heavy atom. The zero-order valence-corrected chi connectivity index (χ0v) is 27.9. The summed E-state index contributed by atoms with van der Waals surface area (Å²) in [6, 6.07) is 5.01. The first-order chi connectivity index (χ1) is 22.1. The van der Waals surface area contributed by atoms with Crippen LogP contribution in [0.3, 0.4) is 0 Å². The molecule has 5 rings (SSSR count). The Kier molecular flexibility index (Phi) is 9.21. The quantitative estimate of drug-likeness (QED) is 0.146. The van der Waals surface area contributed by atoms with Crippen molar-refractivity contribution in [2.75, 3.05) is 40.8 Å². The third-order valence-electron chi connectivity index (χ3n) is 10.6. The first-order valence-electron chi connectivity index (χ1n) is 15.7. The molecule has 0 saturated heterocycles. The molecule has 1 aromatic carbocycles. The fourth-order valence-corrected chi connectivity index (χ4v) is 8.25. The number of carbonyl (C=O) groups excluding carboxylic acids is 4. The fraction of sp³-hybridized carbons (Fsp3) is 0.600. The molecule has 2 N–H and O–H groups in total. The summed E-state index contributed by atoms with van der Waals surface area (Å²) >= 11 is 0. The number of fused-ring (bicyclic) bond motifs is 5. The first kappa shape index (κ1) is 34.7. The molecule has 7 atom stereocenters. The Labute approximate surface area is 274 Å². The molecule has 0 aliphatic heterocycles. The number of rotatable bonds is 12. The van der Waals surface area contributed by atoms with Crippen molar-refractivity contribution >= 4 is 23.5 Å². The molecule has 0 spiro atoms. The van der Waals surface area contributed by atoms with E-state index >= 15 is 0 Å². The maximum atomic E-state index is 14.0. The van der Waals surface area contributed by atoms with E-state index in [2.05, 4.69) is 0 Å². The number of carbonyl (C=O) groups is 4. The molecule has 1 aromatic rings. The Balaban J connectivity index is 1.38. The number of Topliss-reactive ketones (excluding diaryl/α,β-unsaturated/α-hetero) is 2. The molecule has 47 heavy (non-hydrogen) atoms. The van der Waals surface area contributed by atoms with Gasteiger partial charge in [-0.15, -0.1) is 0 Å². The van der Waals surface area contributed by atoms with Crippen molar-refractivity contribution in [1.82, 2.24) is 0 Å². The molecule has 0 heterocycles. The highest BCUT2D eigenvalue weighted by Gasteiger charge is 2.87. The van der Waals surface area contributed by atoms with Gasteiger partial charge in [-0.25, -0.2) is 0 Å². The average molecular weight is 657 g/mol. The van der Waals surface area contributed by atoms with Crippen LogP contribution >= 0.6 is 0 Å². The summed E-state index contributed by atoms with van der Waals surface area (Å²) in [6.07, 6.45) is 2.94. The van der Waals surface area contributed by atoms with Crippen molar-refractivity contribution in [2.45, 2.75) is 64.3 Å². The number of hydrogen-bond acceptors (Lipinski definition) is 12. The number of esters is 2. The van der Waals surface area contributed by atoms with Crippen LogP contribution in [0.4, 0.5) is 0 Å². The molecule has 0 unspecified atom stereocenters. The highest BCUT2D eigenvalue weighted by molar-refractivity contribution is 6.05. The minimum Gasteiger partial charge on any atom is -0.493 e. The number of methoxy groups -OCH3 is 2. The second-order valence-electron chi connectivity index (χ2n) is 13.6. The number of aliphatic hydroxyl groups is 2. The van der Waals surface area contributed by atoms with Gasteiger partial charge >= 0.3 is 11.9 Å². The number of ketones is 2. The van der Waals surface area contributed by atoms with Crippen molar-refractivity contribution in [3.8, 4) is 11.5 Å². The van der Waals surface area contributed by atoms with E-state index < -0.39 is 69.4 Å². The molecule has 0 radical (unpaired) electrons. The topological polar surface area (TPSA) is 164 Å². The second-order valence-corrected chi connectivity index (χ2v) is 13.6. The van der Waals surface area contributed by atoms with Gasteiger partial charge in [0.05, 0.1) is 32.3 Å². The van der Waals surface area contributed by atoms with Crippen molar-refractivity contribution in [3.05, 3.63) is 47.1 Å². The van der Waals surface area contributed by atoms with Gasteiger partial charge in [0.1, 0.15) is 12.2 Å². The van der Waals surface area contributed by atoms with Gasteiger partial charge in [-0.1, -0.05) is 39.0 Å². The van der Waals surface area contributed by atoms with Gasteiger partial charge in [0.15, 0.2) is 35.5 Å². The second kappa shape index (κ2) is 12.5. The fourth-order valence-electron chi connectivity index (χ4n) is 8.25. The summed E-state index contributed by atoms with van der Waals surface area (Å²) in [5.41, 5.74) is -4.95. The Bertz CT molecular complexity index is 1530. The standard InChI is InChI=1S/C35H44O12/c1-19-12-27-33(40,30(19)38)16-23(13-24-29-32(4,5)35(29,47-21(3)36)31(39)20(2)34(24,27)41)17-45-28(37)15-22-8-9-25(26(14-22)43-7)46-18-44-11-10-42-6/h8-9,12-14,20,24,27,29,40-41H,10-11,15-18H2,1-7H3/t20-,24+,27-,29-,33-,34-,35-/m1/s1. The van der Waals surface area contributed by atoms with Gasteiger partial charge in [-0.2, -0.15) is 0 Å². The van der Waals surface area contributed by atoms with Gasteiger partial charge in [-0.3, -0.25) is 19.2 Å². The Hall–Kier alpha value is -3.58. The smallest absolute Gasteiger partial charge is 0.310 e. The van der Waals surface area contributed by atoms with E-state index in [-0.39, 0.29) is 31.8 Å². The third kappa shape index (κ3) is 5.48. The van der Waals surface area contributed by atoms with Gasteiger partial charge < -0.3 is 38.6 Å². The zero-order chi connectivity index (χ0) is 34.5. The molecular formula is C35H44O12. The lowest BCUT2D eigenvalue weighted by Crippen LogP contribution is -2.64. The normalized spacial score (nSPS) is 33.4. The molecular weight excluding hydrogens is 612 g/mol. The van der Waals surface area contributed by atoms with Crippen LogP contribution in [0.1, 0.15) is 46.6 Å². The molecule has 12 heteroatoms. The largest absolute Gasteiger partial charge is 0.493 e. The maximum Gasteiger partial charge on any atom is 0.310 e. The summed E-state index contributed by atoms with van der Waals surface area (Å²) < 4.78 is 32.7. The molecule has 0 aromatic heterocycles. The van der Waals surface area contributed by atoms with E-state index in [1.54, 1.807) is 51.3 Å². The van der Waals surface area contributed by atoms with E-state index in [4.69, 9.17) is 28.4 Å². The van der Waals surface area contributed by atoms with Crippen LogP contribution in [0.25, 0.3) is 0 Å². The molecule has 2 fully saturated rings. The molecule has 4 aliphatic rings. The van der Waals surface area contributed by atoms with Crippen molar-refractivity contribution in [3.63, 3.8) is 0 Å². The highest BCUT2D eigenvalue weighted by Crippen LogP contribution is 2.75. The molecule has 256 valence electrons. The van der Waals surface area contributed by atoms with Gasteiger partial charge in [-0.05, 0) is 35.8 Å². The predicted octanol–water partition coefficient (Wildman–Crippen LogP) is 2.51. The minimum atomic E-state index is -2.06. The van der Waals surface area contributed by atoms with Gasteiger partial charge in [0, 0.05) is 49.5 Å². The Morgan fingerprint density at radius 3 is 2.43 bits per heavy atom. The molecule has 0 bridgehead atoms. The lowest BCUT2D eigenvalue weighted by molar-refractivity contribution is -0.190. The van der Waals surface area contributed by atoms with Crippen LogP contribution in [0.15, 0.2) is 41.5 Å². The van der Waals surface area contributed by atoms with Crippen molar-refractivity contribution in [1.29, 1.82) is 0 Å². The summed E-state index contributed by atoms with van der Waals surface area (Å²) in [5.74, 6) is -5.00. The zero-order valence-electron chi connectivity index (χ0n) is 27.9. The number of hydrogen-bond donors (Lipinski definition) is 2. The maximum absolute atomic E-state index is 14.0. The van der Waals surface area contributed by atoms with Crippen molar-refractivity contribution < 1.29 is 57.8 Å². The van der Waals surface area contributed by atoms with Crippen LogP contribution < -0.4 is 9.47 Å². The van der Waals surface area contributed by atoms with Crippen LogP contribution in [-0.4, -0.2) is 91.4 Å². The monoisotopic (exact) mass is 656 g/mol. The first-order valence-corrected chi connectivity index (χ1v) is 15.7. The SMILES string of the molecule is COCCOCOc1ccc(CC(=O)OCC2=C[C@H]3[C@@H]4C(C)(C)[C@]4(OC(C)=O)C(=O)[C@@H](C)[C@]3(O)[C@@H]3C=C(C)C(=O)[C@@]3(O)C2)cc1OC. The molecule has 4 aliphatic carbocycles. The lowest BCUT2D eigenvalue weighted by Gasteiger charge is -2.49. The molecule has 0 amide bonds. The number of benzene rings is 1. The highest BCUT2D eigenvalue weighted by atomic mass is 16.7. The van der Waals surface area contributed by atoms with Crippen LogP contribution in [0, 0.1) is 29.1 Å². The summed E-state index contributed by atoms with van der Waals surface area (Å²) in [6.45, 7) is 8.49. The van der Waals surface area contributed by atoms with Crippen LogP contribution in [-0.2, 0) is 44.5 Å². The lowest BCUT2D eigenvalue weighted by atomic mass is 9.59. The summed E-state index contributed by atoms with van der Waals surface area (Å²) in [5, 5.41) is 24.5. The van der Waals surface area contributed by atoms with Gasteiger partial charge in [0.2, 0.25) is 0 Å². The van der Waals surface area contributed by atoms with Crippen LogP contribution in [0.5, 0.6) is 11.5 Å². The summed E-state index contributed by atoms with van der Waals surface area (Å²) in [4.78, 5) is 52.7. The van der Waals surface area contributed by atoms with E-state index in [1.165, 1.54) is 14.0 Å². The molecule has 2 saturated carbocycles. The average Bonchev–Trinajstić information content (AvgIpc) is 3.44. The van der Waals surface area contributed by atoms with E-state index in [1.807, 2.05) is 13.8 Å².